The quantitative estimate of drug-likeness (QED) is 0.902. The maximum absolute atomic E-state index is 9.89. The van der Waals surface area contributed by atoms with Gasteiger partial charge in [0.2, 0.25) is 0 Å². The molecule has 0 amide bonds. The molecule has 0 saturated carbocycles. The number of piperidine rings is 1. The van der Waals surface area contributed by atoms with Gasteiger partial charge < -0.3 is 5.11 Å². The molecule has 0 aliphatic carbocycles. The van der Waals surface area contributed by atoms with Crippen molar-refractivity contribution in [3.63, 3.8) is 0 Å². The Morgan fingerprint density at radius 1 is 0.950 bits per heavy atom. The number of rotatable bonds is 2. The van der Waals surface area contributed by atoms with Crippen LogP contribution in [-0.2, 0) is 6.54 Å². The third-order valence-electron chi connectivity index (χ3n) is 5.04. The Bertz CT molecular complexity index is 610. The number of hydrogen-bond donors (Lipinski definition) is 1. The van der Waals surface area contributed by atoms with Gasteiger partial charge in [0.1, 0.15) is 0 Å². The lowest BCUT2D eigenvalue weighted by Gasteiger charge is -2.37. The molecular formula is C18H21NO. The standard InChI is InChI=1S/C18H21NO/c20-18-10-16-7-8-17(11-18)19(16)12-13-5-6-14-3-1-2-4-15(14)9-13/h1-6,9,16-18,20H,7-8,10-12H2. The number of aliphatic hydroxyl groups is 1. The second-order valence-corrected chi connectivity index (χ2v) is 6.36. The SMILES string of the molecule is OC1CC2CCC(C1)N2Cc1ccc2ccccc2c1. The van der Waals surface area contributed by atoms with Crippen LogP contribution in [0.2, 0.25) is 0 Å². The minimum atomic E-state index is -0.0691. The summed E-state index contributed by atoms with van der Waals surface area (Å²) in [5, 5.41) is 12.5. The molecule has 2 heteroatoms. The van der Waals surface area contributed by atoms with Crippen molar-refractivity contribution < 1.29 is 5.11 Å². The Morgan fingerprint density at radius 3 is 2.40 bits per heavy atom. The number of aliphatic hydroxyl groups excluding tert-OH is 1. The van der Waals surface area contributed by atoms with Crippen molar-refractivity contribution in [1.82, 2.24) is 4.90 Å². The fourth-order valence-corrected chi connectivity index (χ4v) is 4.05. The van der Waals surface area contributed by atoms with Crippen molar-refractivity contribution in [2.75, 3.05) is 0 Å². The molecule has 2 saturated heterocycles. The van der Waals surface area contributed by atoms with Gasteiger partial charge in [0.05, 0.1) is 6.10 Å². The fraction of sp³-hybridized carbons (Fsp3) is 0.444. The molecule has 2 aromatic rings. The molecule has 2 heterocycles. The number of nitrogens with zero attached hydrogens (tertiary/aromatic N) is 1. The normalized spacial score (nSPS) is 29.9. The predicted octanol–water partition coefficient (Wildman–Crippen LogP) is 3.33. The Balaban J connectivity index is 1.58. The molecule has 2 atom stereocenters. The number of hydrogen-bond acceptors (Lipinski definition) is 2. The lowest BCUT2D eigenvalue weighted by Crippen LogP contribution is -2.44. The van der Waals surface area contributed by atoms with E-state index in [0.717, 1.165) is 19.4 Å². The molecule has 20 heavy (non-hydrogen) atoms. The molecular weight excluding hydrogens is 246 g/mol. The highest BCUT2D eigenvalue weighted by Gasteiger charge is 2.39. The summed E-state index contributed by atoms with van der Waals surface area (Å²) in [7, 11) is 0. The van der Waals surface area contributed by atoms with E-state index in [1.54, 1.807) is 0 Å². The lowest BCUT2D eigenvalue weighted by molar-refractivity contribution is 0.0310. The van der Waals surface area contributed by atoms with E-state index in [0.29, 0.717) is 12.1 Å². The summed E-state index contributed by atoms with van der Waals surface area (Å²) in [6.07, 6.45) is 4.37. The minimum Gasteiger partial charge on any atom is -0.393 e. The van der Waals surface area contributed by atoms with Crippen molar-refractivity contribution in [3.05, 3.63) is 48.0 Å². The van der Waals surface area contributed by atoms with Gasteiger partial charge in [-0.3, -0.25) is 4.90 Å². The molecule has 2 aliphatic rings. The average molecular weight is 267 g/mol. The van der Waals surface area contributed by atoms with Crippen LogP contribution in [0.15, 0.2) is 42.5 Å². The van der Waals surface area contributed by atoms with E-state index in [1.165, 1.54) is 29.2 Å². The summed E-state index contributed by atoms with van der Waals surface area (Å²) in [5.74, 6) is 0. The Morgan fingerprint density at radius 2 is 1.65 bits per heavy atom. The highest BCUT2D eigenvalue weighted by molar-refractivity contribution is 5.82. The Kier molecular flexibility index (Phi) is 3.01. The van der Waals surface area contributed by atoms with Crippen molar-refractivity contribution in [1.29, 1.82) is 0 Å². The Labute approximate surface area is 120 Å². The van der Waals surface area contributed by atoms with Crippen LogP contribution >= 0.6 is 0 Å². The monoisotopic (exact) mass is 267 g/mol. The maximum atomic E-state index is 9.89. The van der Waals surface area contributed by atoms with Gasteiger partial charge in [-0.05, 0) is 48.1 Å². The highest BCUT2D eigenvalue weighted by Crippen LogP contribution is 2.36. The lowest BCUT2D eigenvalue weighted by atomic mass is 9.98. The second-order valence-electron chi connectivity index (χ2n) is 6.36. The summed E-state index contributed by atoms with van der Waals surface area (Å²) in [6.45, 7) is 1.03. The summed E-state index contributed by atoms with van der Waals surface area (Å²) < 4.78 is 0. The van der Waals surface area contributed by atoms with Crippen molar-refractivity contribution in [2.45, 2.75) is 50.4 Å². The van der Waals surface area contributed by atoms with E-state index in [-0.39, 0.29) is 6.10 Å². The molecule has 2 aromatic carbocycles. The Hall–Kier alpha value is -1.38. The van der Waals surface area contributed by atoms with Gasteiger partial charge in [0.25, 0.3) is 0 Å². The first-order chi connectivity index (χ1) is 9.79. The zero-order valence-corrected chi connectivity index (χ0v) is 11.7. The molecule has 0 aromatic heterocycles. The molecule has 2 aliphatic heterocycles. The highest BCUT2D eigenvalue weighted by atomic mass is 16.3. The molecule has 2 nitrogen and oxygen atoms in total. The number of benzene rings is 2. The maximum Gasteiger partial charge on any atom is 0.0570 e. The topological polar surface area (TPSA) is 23.5 Å². The predicted molar refractivity (Wildman–Crippen MR) is 81.5 cm³/mol. The third kappa shape index (κ3) is 2.13. The zero-order chi connectivity index (χ0) is 13.5. The smallest absolute Gasteiger partial charge is 0.0570 e. The van der Waals surface area contributed by atoms with Gasteiger partial charge in [-0.25, -0.2) is 0 Å². The van der Waals surface area contributed by atoms with Gasteiger partial charge >= 0.3 is 0 Å². The van der Waals surface area contributed by atoms with Crippen LogP contribution in [0, 0.1) is 0 Å². The first-order valence-electron chi connectivity index (χ1n) is 7.71. The summed E-state index contributed by atoms with van der Waals surface area (Å²) in [6, 6.07) is 16.5. The summed E-state index contributed by atoms with van der Waals surface area (Å²) in [4.78, 5) is 2.62. The van der Waals surface area contributed by atoms with Crippen LogP contribution in [0.5, 0.6) is 0 Å². The summed E-state index contributed by atoms with van der Waals surface area (Å²) >= 11 is 0. The van der Waals surface area contributed by atoms with Gasteiger partial charge in [0.15, 0.2) is 0 Å². The summed E-state index contributed by atoms with van der Waals surface area (Å²) in [5.41, 5.74) is 1.40. The van der Waals surface area contributed by atoms with E-state index in [4.69, 9.17) is 0 Å². The first kappa shape index (κ1) is 12.4. The minimum absolute atomic E-state index is 0.0691. The molecule has 104 valence electrons. The molecule has 0 spiro atoms. The molecule has 2 fully saturated rings. The molecule has 2 unspecified atom stereocenters. The van der Waals surface area contributed by atoms with Crippen LogP contribution in [0.25, 0.3) is 10.8 Å². The molecule has 0 radical (unpaired) electrons. The van der Waals surface area contributed by atoms with E-state index in [9.17, 15) is 5.11 Å². The van der Waals surface area contributed by atoms with Crippen molar-refractivity contribution >= 4 is 10.8 Å². The van der Waals surface area contributed by atoms with Crippen molar-refractivity contribution in [3.8, 4) is 0 Å². The fourth-order valence-electron chi connectivity index (χ4n) is 4.05. The van der Waals surface area contributed by atoms with E-state index in [2.05, 4.69) is 47.4 Å². The third-order valence-corrected chi connectivity index (χ3v) is 5.04. The van der Waals surface area contributed by atoms with Crippen LogP contribution in [0.4, 0.5) is 0 Å². The van der Waals surface area contributed by atoms with Gasteiger partial charge in [-0.2, -0.15) is 0 Å². The van der Waals surface area contributed by atoms with Crippen LogP contribution in [-0.4, -0.2) is 28.2 Å². The van der Waals surface area contributed by atoms with Crippen molar-refractivity contribution in [2.24, 2.45) is 0 Å². The van der Waals surface area contributed by atoms with Gasteiger partial charge in [-0.1, -0.05) is 36.4 Å². The van der Waals surface area contributed by atoms with Crippen LogP contribution in [0.3, 0.4) is 0 Å². The first-order valence-corrected chi connectivity index (χ1v) is 7.71. The van der Waals surface area contributed by atoms with Crippen LogP contribution in [0.1, 0.15) is 31.2 Å². The largest absolute Gasteiger partial charge is 0.393 e. The van der Waals surface area contributed by atoms with Gasteiger partial charge in [-0.15, -0.1) is 0 Å². The van der Waals surface area contributed by atoms with E-state index < -0.39 is 0 Å². The zero-order valence-electron chi connectivity index (χ0n) is 11.7. The van der Waals surface area contributed by atoms with Gasteiger partial charge in [0, 0.05) is 18.6 Å². The number of fused-ring (bicyclic) bond motifs is 3. The van der Waals surface area contributed by atoms with Crippen LogP contribution < -0.4 is 0 Å². The van der Waals surface area contributed by atoms with E-state index >= 15 is 0 Å². The second kappa shape index (κ2) is 4.87. The molecule has 4 rings (SSSR count). The van der Waals surface area contributed by atoms with E-state index in [1.807, 2.05) is 0 Å². The molecule has 2 bridgehead atoms. The molecule has 1 N–H and O–H groups in total. The average Bonchev–Trinajstić information content (AvgIpc) is 2.70.